The van der Waals surface area contributed by atoms with Crippen LogP contribution in [0.5, 0.6) is 0 Å². The van der Waals surface area contributed by atoms with Crippen molar-refractivity contribution in [2.75, 3.05) is 20.2 Å². The van der Waals surface area contributed by atoms with Crippen LogP contribution in [0.25, 0.3) is 0 Å². The molecular formula is C45H74N2O6. The molecule has 5 aliphatic rings. The predicted octanol–water partition coefficient (Wildman–Crippen LogP) is 8.96. The van der Waals surface area contributed by atoms with Crippen molar-refractivity contribution in [3.63, 3.8) is 0 Å². The summed E-state index contributed by atoms with van der Waals surface area (Å²) in [5.74, 6) is 1.88. The maximum atomic E-state index is 14.5. The van der Waals surface area contributed by atoms with E-state index in [0.29, 0.717) is 55.0 Å². The Bertz CT molecular complexity index is 1390. The first-order chi connectivity index (χ1) is 24.9. The summed E-state index contributed by atoms with van der Waals surface area (Å²) in [5.41, 5.74) is 1.50. The molecule has 0 aromatic heterocycles. The van der Waals surface area contributed by atoms with Gasteiger partial charge in [-0.2, -0.15) is 0 Å². The normalized spacial score (nSPS) is 38.9. The smallest absolute Gasteiger partial charge is 0.310 e. The van der Waals surface area contributed by atoms with Gasteiger partial charge < -0.3 is 20.1 Å². The van der Waals surface area contributed by atoms with Crippen LogP contribution in [0.2, 0.25) is 0 Å². The minimum Gasteiger partial charge on any atom is -0.469 e. The number of hydrogen-bond donors (Lipinski definition) is 2. The summed E-state index contributed by atoms with van der Waals surface area (Å²) in [6.07, 6.45) is 16.3. The average molecular weight is 739 g/mol. The molecule has 0 saturated heterocycles. The molecule has 0 radical (unpaired) electrons. The van der Waals surface area contributed by atoms with Crippen LogP contribution >= 0.6 is 0 Å². The molecule has 300 valence electrons. The van der Waals surface area contributed by atoms with Gasteiger partial charge in [-0.05, 0) is 130 Å². The maximum absolute atomic E-state index is 14.5. The first-order valence-electron chi connectivity index (χ1n) is 21.3. The van der Waals surface area contributed by atoms with Crippen LogP contribution in [-0.4, -0.2) is 50.1 Å². The Kier molecular flexibility index (Phi) is 12.6. The zero-order chi connectivity index (χ0) is 39.0. The standard InChI is InChI=1S/C45H74N2O6/c1-29(2)32-19-24-45(40(51)46-27-15-13-11-12-14-16-37(49)47-28-30(3)39(50)52-10)26-25-43(8)33(38(32)45)17-18-35-42(7)22-21-36(53-31(4)48)41(5,6)34(42)20-23-44(35,43)9/h30,32-36,38H,1,11-28H2,2-10H3,(H,46,51)(H,47,49)/t30?,32-,33+,34-,35+,36-,38+,42-,43+,44+,45-/m0/s1. The monoisotopic (exact) mass is 739 g/mol. The number of unbranched alkanes of at least 4 members (excludes halogenated alkanes) is 4. The molecule has 8 nitrogen and oxygen atoms in total. The van der Waals surface area contributed by atoms with E-state index in [1.165, 1.54) is 38.4 Å². The highest BCUT2D eigenvalue weighted by Crippen LogP contribution is 2.77. The number of esters is 2. The van der Waals surface area contributed by atoms with Crippen molar-refractivity contribution >= 4 is 23.8 Å². The molecular weight excluding hydrogens is 665 g/mol. The highest BCUT2D eigenvalue weighted by atomic mass is 16.5. The van der Waals surface area contributed by atoms with Crippen molar-refractivity contribution in [2.45, 2.75) is 164 Å². The topological polar surface area (TPSA) is 111 Å². The molecule has 5 rings (SSSR count). The van der Waals surface area contributed by atoms with E-state index in [4.69, 9.17) is 9.47 Å². The number of fused-ring (bicyclic) bond motifs is 7. The summed E-state index contributed by atoms with van der Waals surface area (Å²) in [6, 6.07) is 0. The van der Waals surface area contributed by atoms with Crippen LogP contribution in [0, 0.1) is 62.6 Å². The van der Waals surface area contributed by atoms with Gasteiger partial charge in [0.2, 0.25) is 11.8 Å². The van der Waals surface area contributed by atoms with Crippen LogP contribution in [-0.2, 0) is 28.7 Å². The van der Waals surface area contributed by atoms with Gasteiger partial charge in [0.1, 0.15) is 6.10 Å². The zero-order valence-corrected chi connectivity index (χ0v) is 34.9. The number of hydrogen-bond acceptors (Lipinski definition) is 6. The van der Waals surface area contributed by atoms with Gasteiger partial charge in [0.25, 0.3) is 0 Å². The molecule has 5 aliphatic carbocycles. The van der Waals surface area contributed by atoms with Crippen molar-refractivity contribution in [3.05, 3.63) is 12.2 Å². The second-order valence-electron chi connectivity index (χ2n) is 19.8. The van der Waals surface area contributed by atoms with E-state index in [2.05, 4.69) is 58.8 Å². The lowest BCUT2D eigenvalue weighted by Crippen LogP contribution is -2.67. The number of amides is 2. The molecule has 0 bridgehead atoms. The Balaban J connectivity index is 1.19. The number of carbonyl (C=O) groups is 4. The van der Waals surface area contributed by atoms with E-state index >= 15 is 0 Å². The molecule has 5 fully saturated rings. The van der Waals surface area contributed by atoms with Crippen molar-refractivity contribution in [1.29, 1.82) is 0 Å². The Labute approximate surface area is 321 Å². The van der Waals surface area contributed by atoms with Crippen LogP contribution in [0.15, 0.2) is 12.2 Å². The molecule has 2 amide bonds. The van der Waals surface area contributed by atoms with E-state index in [1.54, 1.807) is 13.8 Å². The van der Waals surface area contributed by atoms with Crippen LogP contribution in [0.4, 0.5) is 0 Å². The van der Waals surface area contributed by atoms with Crippen molar-refractivity contribution < 1.29 is 28.7 Å². The number of allylic oxidation sites excluding steroid dienone is 1. The fraction of sp³-hybridized carbons (Fsp3) is 0.867. The fourth-order valence-corrected chi connectivity index (χ4v) is 13.9. The fourth-order valence-electron chi connectivity index (χ4n) is 13.9. The van der Waals surface area contributed by atoms with E-state index in [9.17, 15) is 19.2 Å². The average Bonchev–Trinajstić information content (AvgIpc) is 3.50. The third kappa shape index (κ3) is 7.48. The third-order valence-electron chi connectivity index (χ3n) is 16.8. The molecule has 0 spiro atoms. The van der Waals surface area contributed by atoms with E-state index in [0.717, 1.165) is 70.6 Å². The molecule has 0 aromatic rings. The Hall–Kier alpha value is -2.38. The van der Waals surface area contributed by atoms with Crippen LogP contribution in [0.1, 0.15) is 158 Å². The molecule has 2 N–H and O–H groups in total. The minimum absolute atomic E-state index is 0.00774. The van der Waals surface area contributed by atoms with Gasteiger partial charge in [-0.25, -0.2) is 0 Å². The Morgan fingerprint density at radius 2 is 1.47 bits per heavy atom. The summed E-state index contributed by atoms with van der Waals surface area (Å²) < 4.78 is 10.7. The minimum atomic E-state index is -0.343. The largest absolute Gasteiger partial charge is 0.469 e. The Morgan fingerprint density at radius 1 is 0.774 bits per heavy atom. The second-order valence-corrected chi connectivity index (χ2v) is 19.8. The summed E-state index contributed by atoms with van der Waals surface area (Å²) in [7, 11) is 1.36. The molecule has 0 heterocycles. The summed E-state index contributed by atoms with van der Waals surface area (Å²) in [5, 5.41) is 6.29. The van der Waals surface area contributed by atoms with Gasteiger partial charge in [-0.15, -0.1) is 0 Å². The number of methoxy groups -OCH3 is 1. The van der Waals surface area contributed by atoms with Crippen LogP contribution in [0.3, 0.4) is 0 Å². The number of ether oxygens (including phenoxy) is 2. The van der Waals surface area contributed by atoms with Gasteiger partial charge in [-0.1, -0.05) is 73.0 Å². The first-order valence-corrected chi connectivity index (χ1v) is 21.3. The lowest BCUT2D eigenvalue weighted by atomic mass is 9.32. The van der Waals surface area contributed by atoms with Crippen molar-refractivity contribution in [2.24, 2.45) is 62.6 Å². The van der Waals surface area contributed by atoms with Crippen LogP contribution < -0.4 is 10.6 Å². The number of rotatable bonds is 14. The van der Waals surface area contributed by atoms with Gasteiger partial charge in [-0.3, -0.25) is 19.2 Å². The lowest BCUT2D eigenvalue weighted by Gasteiger charge is -2.72. The highest BCUT2D eigenvalue weighted by Gasteiger charge is 2.72. The van der Waals surface area contributed by atoms with E-state index in [1.807, 2.05) is 0 Å². The molecule has 8 heteroatoms. The first kappa shape index (κ1) is 41.8. The van der Waals surface area contributed by atoms with Gasteiger partial charge in [0.15, 0.2) is 0 Å². The number of carbonyl (C=O) groups excluding carboxylic acids is 4. The quantitative estimate of drug-likeness (QED) is 0.105. The number of nitrogens with one attached hydrogen (secondary N) is 2. The van der Waals surface area contributed by atoms with Crippen molar-refractivity contribution in [1.82, 2.24) is 10.6 Å². The van der Waals surface area contributed by atoms with Gasteiger partial charge in [0.05, 0.1) is 18.4 Å². The molecule has 11 atom stereocenters. The molecule has 0 aromatic carbocycles. The SMILES string of the molecule is C=C(C)[C@@H]1CC[C@]2(C(=O)NCCCCCCCC(=O)NCC(C)C(=O)OC)CC[C@]3(C)[C@H](CC[C@@H]4[C@@]5(C)CC[C@H](OC(C)=O)C(C)(C)[C@@H]5CC[C@]43C)[C@@H]12. The van der Waals surface area contributed by atoms with Gasteiger partial charge in [0, 0.05) is 31.8 Å². The summed E-state index contributed by atoms with van der Waals surface area (Å²) in [4.78, 5) is 50.3. The zero-order valence-electron chi connectivity index (χ0n) is 34.9. The molecule has 1 unspecified atom stereocenters. The molecule has 5 saturated carbocycles. The lowest BCUT2D eigenvalue weighted by molar-refractivity contribution is -0.248. The summed E-state index contributed by atoms with van der Waals surface area (Å²) >= 11 is 0. The summed E-state index contributed by atoms with van der Waals surface area (Å²) in [6.45, 7) is 23.7. The van der Waals surface area contributed by atoms with E-state index in [-0.39, 0.29) is 56.9 Å². The molecule has 53 heavy (non-hydrogen) atoms. The predicted molar refractivity (Wildman–Crippen MR) is 209 cm³/mol. The second kappa shape index (κ2) is 16.0. The van der Waals surface area contributed by atoms with E-state index < -0.39 is 0 Å². The highest BCUT2D eigenvalue weighted by molar-refractivity contribution is 5.84. The van der Waals surface area contributed by atoms with Gasteiger partial charge >= 0.3 is 11.9 Å². The maximum Gasteiger partial charge on any atom is 0.310 e. The Morgan fingerprint density at radius 3 is 2.15 bits per heavy atom. The third-order valence-corrected chi connectivity index (χ3v) is 16.8. The van der Waals surface area contributed by atoms with Crippen molar-refractivity contribution in [3.8, 4) is 0 Å². The molecule has 0 aliphatic heterocycles.